The van der Waals surface area contributed by atoms with Crippen molar-refractivity contribution in [2.75, 3.05) is 11.9 Å². The summed E-state index contributed by atoms with van der Waals surface area (Å²) in [5, 5.41) is 10.8. The van der Waals surface area contributed by atoms with Gasteiger partial charge in [-0.1, -0.05) is 19.3 Å². The molecule has 8 heteroatoms. The molecular formula is C19H23N7O. The lowest BCUT2D eigenvalue weighted by Crippen LogP contribution is -2.39. The minimum Gasteiger partial charge on any atom is -0.361 e. The summed E-state index contributed by atoms with van der Waals surface area (Å²) in [6.45, 7) is 2.09. The summed E-state index contributed by atoms with van der Waals surface area (Å²) in [6, 6.07) is 5.91. The molecule has 1 amide bonds. The number of pyridine rings is 1. The van der Waals surface area contributed by atoms with E-state index in [1.54, 1.807) is 16.9 Å². The average molecular weight is 365 g/mol. The molecule has 1 aliphatic carbocycles. The smallest absolute Gasteiger partial charge is 0.254 e. The van der Waals surface area contributed by atoms with Crippen molar-refractivity contribution in [3.05, 3.63) is 36.3 Å². The normalized spacial score (nSPS) is 15.0. The van der Waals surface area contributed by atoms with Crippen molar-refractivity contribution in [3.8, 4) is 11.4 Å². The van der Waals surface area contributed by atoms with Crippen LogP contribution in [-0.2, 0) is 4.79 Å². The zero-order chi connectivity index (χ0) is 18.6. The summed E-state index contributed by atoms with van der Waals surface area (Å²) in [5.41, 5.74) is 1.63. The van der Waals surface area contributed by atoms with E-state index in [0.717, 1.165) is 24.1 Å². The highest BCUT2D eigenvalue weighted by atomic mass is 16.2. The SMILES string of the molecule is Cc1cc(NCC(=O)NC2CCCCC2)n2nc(-c3cccnc3)nc2n1. The van der Waals surface area contributed by atoms with Crippen molar-refractivity contribution in [1.82, 2.24) is 29.9 Å². The van der Waals surface area contributed by atoms with Crippen LogP contribution in [0.1, 0.15) is 37.8 Å². The maximum Gasteiger partial charge on any atom is 0.254 e. The fourth-order valence-electron chi connectivity index (χ4n) is 3.43. The second-order valence-electron chi connectivity index (χ2n) is 6.93. The summed E-state index contributed by atoms with van der Waals surface area (Å²) in [4.78, 5) is 25.3. The number of anilines is 1. The van der Waals surface area contributed by atoms with Gasteiger partial charge in [-0.15, -0.1) is 5.10 Å². The Morgan fingerprint density at radius 2 is 2.11 bits per heavy atom. The molecule has 0 spiro atoms. The van der Waals surface area contributed by atoms with Crippen LogP contribution in [0.5, 0.6) is 0 Å². The van der Waals surface area contributed by atoms with Gasteiger partial charge in [-0.2, -0.15) is 9.50 Å². The van der Waals surface area contributed by atoms with Crippen LogP contribution in [0.15, 0.2) is 30.6 Å². The largest absolute Gasteiger partial charge is 0.361 e. The van der Waals surface area contributed by atoms with E-state index < -0.39 is 0 Å². The first-order valence-corrected chi connectivity index (χ1v) is 9.37. The highest BCUT2D eigenvalue weighted by Crippen LogP contribution is 2.18. The third-order valence-electron chi connectivity index (χ3n) is 4.76. The maximum atomic E-state index is 12.3. The Balaban J connectivity index is 1.50. The number of carbonyl (C=O) groups is 1. The molecule has 0 aliphatic heterocycles. The van der Waals surface area contributed by atoms with Crippen LogP contribution in [0.3, 0.4) is 0 Å². The Labute approximate surface area is 157 Å². The van der Waals surface area contributed by atoms with Crippen molar-refractivity contribution in [3.63, 3.8) is 0 Å². The number of amides is 1. The number of fused-ring (bicyclic) bond motifs is 1. The number of nitrogens with zero attached hydrogens (tertiary/aromatic N) is 5. The molecule has 3 aromatic heterocycles. The van der Waals surface area contributed by atoms with Crippen LogP contribution in [0.2, 0.25) is 0 Å². The molecule has 0 atom stereocenters. The quantitative estimate of drug-likeness (QED) is 0.720. The third kappa shape index (κ3) is 4.05. The maximum absolute atomic E-state index is 12.3. The number of rotatable bonds is 5. The topological polar surface area (TPSA) is 97.1 Å². The summed E-state index contributed by atoms with van der Waals surface area (Å²) < 4.78 is 1.63. The lowest BCUT2D eigenvalue weighted by atomic mass is 9.95. The Morgan fingerprint density at radius 1 is 1.26 bits per heavy atom. The van der Waals surface area contributed by atoms with Crippen molar-refractivity contribution in [2.24, 2.45) is 0 Å². The number of aryl methyl sites for hydroxylation is 1. The summed E-state index contributed by atoms with van der Waals surface area (Å²) in [6.07, 6.45) is 9.22. The Hall–Kier alpha value is -3.03. The van der Waals surface area contributed by atoms with E-state index in [1.165, 1.54) is 19.3 Å². The summed E-state index contributed by atoms with van der Waals surface area (Å²) in [5.74, 6) is 1.73. The molecule has 3 aromatic rings. The zero-order valence-electron chi connectivity index (χ0n) is 15.4. The van der Waals surface area contributed by atoms with Crippen molar-refractivity contribution >= 4 is 17.5 Å². The van der Waals surface area contributed by atoms with Gasteiger partial charge >= 0.3 is 0 Å². The molecule has 3 heterocycles. The lowest BCUT2D eigenvalue weighted by molar-refractivity contribution is -0.120. The molecule has 0 aromatic carbocycles. The van der Waals surface area contributed by atoms with Crippen LogP contribution >= 0.6 is 0 Å². The minimum absolute atomic E-state index is 0.00267. The average Bonchev–Trinajstić information content (AvgIpc) is 3.11. The molecule has 0 radical (unpaired) electrons. The van der Waals surface area contributed by atoms with Gasteiger partial charge in [-0.05, 0) is 31.9 Å². The van der Waals surface area contributed by atoms with Crippen LogP contribution < -0.4 is 10.6 Å². The second-order valence-corrected chi connectivity index (χ2v) is 6.93. The zero-order valence-corrected chi connectivity index (χ0v) is 15.4. The van der Waals surface area contributed by atoms with Crippen LogP contribution in [0, 0.1) is 6.92 Å². The fraction of sp³-hybridized carbons (Fsp3) is 0.421. The molecule has 140 valence electrons. The van der Waals surface area contributed by atoms with Gasteiger partial charge in [0.1, 0.15) is 5.82 Å². The molecule has 0 saturated heterocycles. The molecule has 1 fully saturated rings. The first-order valence-electron chi connectivity index (χ1n) is 9.37. The standard InChI is InChI=1S/C19H23N7O/c1-13-10-16(21-12-17(27)23-15-7-3-2-4-8-15)26-19(22-13)24-18(25-26)14-6-5-9-20-11-14/h5-6,9-11,15,21H,2-4,7-8,12H2,1H3,(H,23,27). The van der Waals surface area contributed by atoms with Crippen molar-refractivity contribution < 1.29 is 4.79 Å². The van der Waals surface area contributed by atoms with Crippen LogP contribution in [0.4, 0.5) is 5.82 Å². The van der Waals surface area contributed by atoms with E-state index in [4.69, 9.17) is 0 Å². The Kier molecular flexibility index (Phi) is 4.95. The van der Waals surface area contributed by atoms with Gasteiger partial charge in [0.25, 0.3) is 5.78 Å². The second kappa shape index (κ2) is 7.69. The molecule has 2 N–H and O–H groups in total. The first kappa shape index (κ1) is 17.4. The van der Waals surface area contributed by atoms with Crippen LogP contribution in [0.25, 0.3) is 17.2 Å². The molecular weight excluding hydrogens is 342 g/mol. The number of carbonyl (C=O) groups excluding carboxylic acids is 1. The molecule has 8 nitrogen and oxygen atoms in total. The predicted octanol–water partition coefficient (Wildman–Crippen LogP) is 2.36. The van der Waals surface area contributed by atoms with Gasteiger partial charge in [0, 0.05) is 35.8 Å². The molecule has 1 aliphatic rings. The van der Waals surface area contributed by atoms with Gasteiger partial charge in [0.2, 0.25) is 5.91 Å². The fourth-order valence-corrected chi connectivity index (χ4v) is 3.43. The van der Waals surface area contributed by atoms with Gasteiger partial charge in [-0.25, -0.2) is 4.98 Å². The molecule has 4 rings (SSSR count). The van der Waals surface area contributed by atoms with E-state index in [2.05, 4.69) is 30.7 Å². The van der Waals surface area contributed by atoms with Crippen LogP contribution in [-0.4, -0.2) is 43.1 Å². The van der Waals surface area contributed by atoms with E-state index in [9.17, 15) is 4.79 Å². The summed E-state index contributed by atoms with van der Waals surface area (Å²) >= 11 is 0. The molecule has 0 unspecified atom stereocenters. The van der Waals surface area contributed by atoms with E-state index in [-0.39, 0.29) is 12.5 Å². The van der Waals surface area contributed by atoms with Crippen molar-refractivity contribution in [2.45, 2.75) is 45.1 Å². The Morgan fingerprint density at radius 3 is 2.89 bits per heavy atom. The third-order valence-corrected chi connectivity index (χ3v) is 4.76. The minimum atomic E-state index is -0.00267. The van der Waals surface area contributed by atoms with Gasteiger partial charge in [0.05, 0.1) is 6.54 Å². The van der Waals surface area contributed by atoms with Crippen molar-refractivity contribution in [1.29, 1.82) is 0 Å². The molecule has 0 bridgehead atoms. The highest BCUT2D eigenvalue weighted by molar-refractivity contribution is 5.80. The number of hydrogen-bond donors (Lipinski definition) is 2. The summed E-state index contributed by atoms with van der Waals surface area (Å²) in [7, 11) is 0. The number of hydrogen-bond acceptors (Lipinski definition) is 6. The van der Waals surface area contributed by atoms with Gasteiger partial charge in [-0.3, -0.25) is 9.78 Å². The van der Waals surface area contributed by atoms with E-state index >= 15 is 0 Å². The number of aromatic nitrogens is 5. The highest BCUT2D eigenvalue weighted by Gasteiger charge is 2.16. The molecule has 27 heavy (non-hydrogen) atoms. The lowest BCUT2D eigenvalue weighted by Gasteiger charge is -2.22. The van der Waals surface area contributed by atoms with E-state index in [1.807, 2.05) is 25.1 Å². The first-order chi connectivity index (χ1) is 13.2. The molecule has 1 saturated carbocycles. The predicted molar refractivity (Wildman–Crippen MR) is 102 cm³/mol. The van der Waals surface area contributed by atoms with Gasteiger partial charge in [0.15, 0.2) is 5.82 Å². The van der Waals surface area contributed by atoms with E-state index in [0.29, 0.717) is 23.5 Å². The monoisotopic (exact) mass is 365 g/mol. The Bertz CT molecular complexity index is 932. The van der Waals surface area contributed by atoms with Gasteiger partial charge < -0.3 is 10.6 Å². The number of nitrogens with one attached hydrogen (secondary N) is 2.